The van der Waals surface area contributed by atoms with Gasteiger partial charge in [0.05, 0.1) is 0 Å². The summed E-state index contributed by atoms with van der Waals surface area (Å²) in [5.74, 6) is 0.524. The van der Waals surface area contributed by atoms with Crippen LogP contribution in [0.2, 0.25) is 0 Å². The second-order valence-electron chi connectivity index (χ2n) is 6.49. The van der Waals surface area contributed by atoms with E-state index in [1.54, 1.807) is 23.9 Å². The minimum absolute atomic E-state index is 0.0853. The average molecular weight is 383 g/mol. The standard InChI is InChI=1S/C20H18FN3O2S/c1-27-17-8-2-13(3-9-17)11-24-12-15(10-18(24)25)19-22-20(26-23-19)14-4-6-16(21)7-5-14/h2-9,15H,10-12H2,1H3. The van der Waals surface area contributed by atoms with E-state index in [0.29, 0.717) is 36.8 Å². The molecule has 1 amide bonds. The molecule has 138 valence electrons. The summed E-state index contributed by atoms with van der Waals surface area (Å²) in [5, 5.41) is 4.03. The molecule has 5 nitrogen and oxygen atoms in total. The van der Waals surface area contributed by atoms with Crippen molar-refractivity contribution in [1.29, 1.82) is 0 Å². The van der Waals surface area contributed by atoms with Crippen LogP contribution in [0.1, 0.15) is 23.7 Å². The fourth-order valence-corrected chi connectivity index (χ4v) is 3.57. The minimum atomic E-state index is -0.318. The van der Waals surface area contributed by atoms with Gasteiger partial charge >= 0.3 is 0 Å². The van der Waals surface area contributed by atoms with Crippen molar-refractivity contribution in [2.45, 2.75) is 23.8 Å². The fourth-order valence-electron chi connectivity index (χ4n) is 3.16. The molecule has 1 unspecified atom stereocenters. The van der Waals surface area contributed by atoms with E-state index >= 15 is 0 Å². The Morgan fingerprint density at radius 3 is 2.63 bits per heavy atom. The number of hydrogen-bond donors (Lipinski definition) is 0. The SMILES string of the molecule is CSc1ccc(CN2CC(c3noc(-c4ccc(F)cc4)n3)CC2=O)cc1. The second kappa shape index (κ2) is 7.52. The fraction of sp³-hybridized carbons (Fsp3) is 0.250. The number of amides is 1. The molecule has 1 aliphatic heterocycles. The first-order chi connectivity index (χ1) is 13.1. The highest BCUT2D eigenvalue weighted by Gasteiger charge is 2.33. The lowest BCUT2D eigenvalue weighted by Gasteiger charge is -2.16. The molecular weight excluding hydrogens is 365 g/mol. The topological polar surface area (TPSA) is 59.2 Å². The molecule has 0 spiro atoms. The molecule has 3 aromatic rings. The molecule has 0 bridgehead atoms. The van der Waals surface area contributed by atoms with Crippen LogP contribution in [-0.2, 0) is 11.3 Å². The molecule has 1 aliphatic rings. The van der Waals surface area contributed by atoms with Gasteiger partial charge in [0.1, 0.15) is 5.82 Å². The number of rotatable bonds is 5. The van der Waals surface area contributed by atoms with Crippen LogP contribution in [0.5, 0.6) is 0 Å². The summed E-state index contributed by atoms with van der Waals surface area (Å²) in [4.78, 5) is 19.8. The highest BCUT2D eigenvalue weighted by Crippen LogP contribution is 2.29. The van der Waals surface area contributed by atoms with E-state index in [9.17, 15) is 9.18 Å². The number of carbonyl (C=O) groups excluding carboxylic acids is 1. The lowest BCUT2D eigenvalue weighted by Crippen LogP contribution is -2.24. The second-order valence-corrected chi connectivity index (χ2v) is 7.37. The quantitative estimate of drug-likeness (QED) is 0.621. The van der Waals surface area contributed by atoms with E-state index in [1.807, 2.05) is 23.3 Å². The Morgan fingerprint density at radius 1 is 1.19 bits per heavy atom. The van der Waals surface area contributed by atoms with E-state index in [0.717, 1.165) is 5.56 Å². The van der Waals surface area contributed by atoms with Gasteiger partial charge in [0.25, 0.3) is 5.89 Å². The number of likely N-dealkylation sites (tertiary alicyclic amines) is 1. The monoisotopic (exact) mass is 383 g/mol. The van der Waals surface area contributed by atoms with E-state index in [4.69, 9.17) is 4.52 Å². The molecule has 1 atom stereocenters. The molecule has 7 heteroatoms. The summed E-state index contributed by atoms with van der Waals surface area (Å²) in [6.45, 7) is 1.14. The van der Waals surface area contributed by atoms with Gasteiger partial charge in [-0.2, -0.15) is 4.98 Å². The summed E-state index contributed by atoms with van der Waals surface area (Å²) in [5.41, 5.74) is 1.76. The van der Waals surface area contributed by atoms with Crippen LogP contribution in [0.3, 0.4) is 0 Å². The zero-order valence-electron chi connectivity index (χ0n) is 14.8. The zero-order valence-corrected chi connectivity index (χ0v) is 15.6. The van der Waals surface area contributed by atoms with Crippen molar-refractivity contribution in [2.75, 3.05) is 12.8 Å². The van der Waals surface area contributed by atoms with E-state index < -0.39 is 0 Å². The first-order valence-electron chi connectivity index (χ1n) is 8.62. The van der Waals surface area contributed by atoms with Crippen molar-refractivity contribution in [3.8, 4) is 11.5 Å². The number of thioether (sulfide) groups is 1. The van der Waals surface area contributed by atoms with Gasteiger partial charge in [-0.05, 0) is 48.2 Å². The maximum Gasteiger partial charge on any atom is 0.257 e. The molecule has 2 aromatic carbocycles. The van der Waals surface area contributed by atoms with Gasteiger partial charge in [0, 0.05) is 35.9 Å². The number of carbonyl (C=O) groups is 1. The first kappa shape index (κ1) is 17.7. The molecule has 0 N–H and O–H groups in total. The number of nitrogens with zero attached hydrogens (tertiary/aromatic N) is 3. The normalized spacial score (nSPS) is 16.9. The van der Waals surface area contributed by atoms with Crippen molar-refractivity contribution in [1.82, 2.24) is 15.0 Å². The largest absolute Gasteiger partial charge is 0.338 e. The number of benzene rings is 2. The van der Waals surface area contributed by atoms with Crippen LogP contribution < -0.4 is 0 Å². The van der Waals surface area contributed by atoms with Crippen molar-refractivity contribution in [3.05, 3.63) is 65.7 Å². The molecule has 1 saturated heterocycles. The maximum absolute atomic E-state index is 13.0. The molecule has 1 aromatic heterocycles. The Balaban J connectivity index is 1.45. The van der Waals surface area contributed by atoms with E-state index in [2.05, 4.69) is 22.3 Å². The van der Waals surface area contributed by atoms with Crippen LogP contribution >= 0.6 is 11.8 Å². The van der Waals surface area contributed by atoms with Crippen molar-refractivity contribution in [2.24, 2.45) is 0 Å². The Morgan fingerprint density at radius 2 is 1.93 bits per heavy atom. The summed E-state index contributed by atoms with van der Waals surface area (Å²) in [7, 11) is 0. The van der Waals surface area contributed by atoms with Crippen LogP contribution in [-0.4, -0.2) is 33.7 Å². The Bertz CT molecular complexity index is 941. The van der Waals surface area contributed by atoms with Gasteiger partial charge in [-0.1, -0.05) is 17.3 Å². The summed E-state index contributed by atoms with van der Waals surface area (Å²) >= 11 is 1.69. The highest BCUT2D eigenvalue weighted by atomic mass is 32.2. The van der Waals surface area contributed by atoms with Crippen LogP contribution in [0.15, 0.2) is 57.9 Å². The molecular formula is C20H18FN3O2S. The van der Waals surface area contributed by atoms with Gasteiger partial charge < -0.3 is 9.42 Å². The Labute approximate surface area is 160 Å². The summed E-state index contributed by atoms with van der Waals surface area (Å²) in [6, 6.07) is 14.1. The number of hydrogen-bond acceptors (Lipinski definition) is 5. The van der Waals surface area contributed by atoms with Gasteiger partial charge in [0.2, 0.25) is 5.91 Å². The molecule has 2 heterocycles. The first-order valence-corrected chi connectivity index (χ1v) is 9.85. The third kappa shape index (κ3) is 3.88. The number of halogens is 1. The van der Waals surface area contributed by atoms with Gasteiger partial charge in [-0.25, -0.2) is 4.39 Å². The van der Waals surface area contributed by atoms with Gasteiger partial charge in [0.15, 0.2) is 5.82 Å². The smallest absolute Gasteiger partial charge is 0.257 e. The predicted octanol–water partition coefficient (Wildman–Crippen LogP) is 4.11. The summed E-state index contributed by atoms with van der Waals surface area (Å²) < 4.78 is 18.4. The number of aromatic nitrogens is 2. The van der Waals surface area contributed by atoms with Crippen molar-refractivity contribution in [3.63, 3.8) is 0 Å². The lowest BCUT2D eigenvalue weighted by atomic mass is 10.1. The van der Waals surface area contributed by atoms with Crippen LogP contribution in [0, 0.1) is 5.82 Å². The molecule has 0 radical (unpaired) electrons. The van der Waals surface area contributed by atoms with Crippen LogP contribution in [0.25, 0.3) is 11.5 Å². The average Bonchev–Trinajstić information content (AvgIpc) is 3.30. The van der Waals surface area contributed by atoms with Crippen LogP contribution in [0.4, 0.5) is 4.39 Å². The van der Waals surface area contributed by atoms with E-state index in [-0.39, 0.29) is 17.6 Å². The molecule has 4 rings (SSSR count). The molecule has 27 heavy (non-hydrogen) atoms. The predicted molar refractivity (Wildman–Crippen MR) is 101 cm³/mol. The molecule has 0 aliphatic carbocycles. The Hall–Kier alpha value is -2.67. The molecule has 1 fully saturated rings. The third-order valence-corrected chi connectivity index (χ3v) is 5.39. The molecule has 0 saturated carbocycles. The zero-order chi connectivity index (χ0) is 18.8. The highest BCUT2D eigenvalue weighted by molar-refractivity contribution is 7.98. The van der Waals surface area contributed by atoms with Gasteiger partial charge in [-0.3, -0.25) is 4.79 Å². The van der Waals surface area contributed by atoms with Crippen molar-refractivity contribution >= 4 is 17.7 Å². The van der Waals surface area contributed by atoms with Crippen molar-refractivity contribution < 1.29 is 13.7 Å². The maximum atomic E-state index is 13.0. The minimum Gasteiger partial charge on any atom is -0.338 e. The van der Waals surface area contributed by atoms with Gasteiger partial charge in [-0.15, -0.1) is 11.8 Å². The van der Waals surface area contributed by atoms with E-state index in [1.165, 1.54) is 17.0 Å². The summed E-state index contributed by atoms with van der Waals surface area (Å²) in [6.07, 6.45) is 2.40. The lowest BCUT2D eigenvalue weighted by molar-refractivity contribution is -0.128. The Kier molecular flexibility index (Phi) is 4.94. The third-order valence-electron chi connectivity index (χ3n) is 4.65.